The van der Waals surface area contributed by atoms with E-state index in [2.05, 4.69) is 39.5 Å². The Labute approximate surface area is 329 Å². The number of nitrogens with zero attached hydrogens (tertiary/aromatic N) is 2. The van der Waals surface area contributed by atoms with E-state index in [1.54, 1.807) is 18.7 Å². The van der Waals surface area contributed by atoms with Crippen LogP contribution in [0, 0.1) is 50.7 Å². The van der Waals surface area contributed by atoms with E-state index in [9.17, 15) is 19.8 Å². The van der Waals surface area contributed by atoms with Crippen LogP contribution in [0.5, 0.6) is 0 Å². The highest BCUT2D eigenvalue weighted by atomic mass is 16.7. The lowest BCUT2D eigenvalue weighted by molar-refractivity contribution is -0.253. The summed E-state index contributed by atoms with van der Waals surface area (Å²) in [5.74, 6) is 0.981. The van der Waals surface area contributed by atoms with Gasteiger partial charge in [0.25, 0.3) is 0 Å². The Morgan fingerprint density at radius 1 is 0.927 bits per heavy atom. The lowest BCUT2D eigenvalue weighted by Gasteiger charge is -2.64. The van der Waals surface area contributed by atoms with Crippen molar-refractivity contribution < 1.29 is 43.5 Å². The normalized spacial score (nSPS) is 47.2. The van der Waals surface area contributed by atoms with Gasteiger partial charge in [0.15, 0.2) is 12.4 Å². The van der Waals surface area contributed by atoms with Crippen molar-refractivity contribution in [2.24, 2.45) is 50.7 Å². The molecule has 55 heavy (non-hydrogen) atoms. The first kappa shape index (κ1) is 40.3. The van der Waals surface area contributed by atoms with Crippen molar-refractivity contribution >= 4 is 12.1 Å². The second-order valence-electron chi connectivity index (χ2n) is 22.2. The molecular formula is C44H72N2O9. The third-order valence-corrected chi connectivity index (χ3v) is 17.5. The molecule has 312 valence electrons. The highest BCUT2D eigenvalue weighted by molar-refractivity contribution is 5.69. The minimum absolute atomic E-state index is 0.0139. The molecule has 1 amide bonds. The molecule has 0 aromatic heterocycles. The molecule has 14 atom stereocenters. The summed E-state index contributed by atoms with van der Waals surface area (Å²) in [4.78, 5) is 28.9. The Balaban J connectivity index is 0.953. The Morgan fingerprint density at radius 3 is 2.25 bits per heavy atom. The van der Waals surface area contributed by atoms with E-state index < -0.39 is 35.5 Å². The molecule has 0 aromatic carbocycles. The molecule has 11 nitrogen and oxygen atoms in total. The zero-order valence-electron chi connectivity index (χ0n) is 35.7. The van der Waals surface area contributed by atoms with Gasteiger partial charge in [-0.05, 0) is 131 Å². The first-order chi connectivity index (χ1) is 25.5. The number of hydrogen-bond donors (Lipinski definition) is 2. The van der Waals surface area contributed by atoms with Gasteiger partial charge in [0.2, 0.25) is 0 Å². The van der Waals surface area contributed by atoms with Crippen LogP contribution in [-0.4, -0.2) is 119 Å². The fraction of sp³-hybridized carbons (Fsp3) is 0.955. The van der Waals surface area contributed by atoms with Crippen LogP contribution in [0.3, 0.4) is 0 Å². The molecule has 8 fully saturated rings. The van der Waals surface area contributed by atoms with Gasteiger partial charge in [-0.25, -0.2) is 4.79 Å². The van der Waals surface area contributed by atoms with Gasteiger partial charge in [-0.3, -0.25) is 9.69 Å². The van der Waals surface area contributed by atoms with E-state index >= 15 is 0 Å². The molecular weight excluding hydrogens is 700 g/mol. The minimum atomic E-state index is -1.27. The summed E-state index contributed by atoms with van der Waals surface area (Å²) < 4.78 is 31.4. The number of rotatable bonds is 6. The van der Waals surface area contributed by atoms with Gasteiger partial charge in [-0.2, -0.15) is 0 Å². The van der Waals surface area contributed by atoms with Crippen molar-refractivity contribution in [3.63, 3.8) is 0 Å². The first-order valence-electron chi connectivity index (χ1n) is 21.7. The Bertz CT molecular complexity index is 1520. The fourth-order valence-electron chi connectivity index (χ4n) is 15.0. The van der Waals surface area contributed by atoms with E-state index in [0.29, 0.717) is 44.0 Å². The van der Waals surface area contributed by atoms with Crippen LogP contribution < -0.4 is 0 Å². The maximum Gasteiger partial charge on any atom is 0.410 e. The quantitative estimate of drug-likeness (QED) is 0.303. The van der Waals surface area contributed by atoms with Gasteiger partial charge in [-0.1, -0.05) is 34.6 Å². The van der Waals surface area contributed by atoms with E-state index in [1.165, 1.54) is 19.8 Å². The number of amides is 1. The molecule has 11 heteroatoms. The summed E-state index contributed by atoms with van der Waals surface area (Å²) in [6, 6.07) is 0.302. The van der Waals surface area contributed by atoms with Crippen molar-refractivity contribution in [1.29, 1.82) is 0 Å². The van der Waals surface area contributed by atoms with Crippen molar-refractivity contribution in [2.45, 2.75) is 182 Å². The monoisotopic (exact) mass is 773 g/mol. The molecule has 0 bridgehead atoms. The standard InChI is InChI=1S/C44H72N2O9/c1-25-20-28(36(40(8,9)50)52-26(2)47)53-34-33(25)41(10)16-17-44-24-43(44)15-14-31(39(6,7)29(43)12-13-30(44)42(41,11)35(34)48)54-32-23-45(18-19-51-32)27-21-46(22-27)37(49)55-38(3,4)5/h25,27-36,48,50H,12-24H2,1-11H3/t25?,28?,29-,30-,31?,32?,33?,34?,35-,36-,41+,42+,43+,44?/m0/s1. The largest absolute Gasteiger partial charge is 0.457 e. The maximum atomic E-state index is 12.6. The zero-order chi connectivity index (χ0) is 39.9. The van der Waals surface area contributed by atoms with Crippen molar-refractivity contribution in [1.82, 2.24) is 9.80 Å². The van der Waals surface area contributed by atoms with Crippen LogP contribution >= 0.6 is 0 Å². The zero-order valence-corrected chi connectivity index (χ0v) is 35.7. The van der Waals surface area contributed by atoms with Crippen LogP contribution in [0.2, 0.25) is 0 Å². The number of likely N-dealkylation sites (tertiary alicyclic amines) is 1. The summed E-state index contributed by atoms with van der Waals surface area (Å²) in [5.41, 5.74) is -1.67. The van der Waals surface area contributed by atoms with Crippen LogP contribution in [0.4, 0.5) is 4.79 Å². The number of esters is 1. The molecule has 2 N–H and O–H groups in total. The van der Waals surface area contributed by atoms with Crippen LogP contribution in [-0.2, 0) is 28.5 Å². The SMILES string of the molecule is CC(=O)O[C@@H](C1CC(C)C2C(O1)[C@H](O)[C@@]1(C)[C@@H]3CC[C@H]4C(C)(C)C(OC5CN(C6CN(C(=O)OC(C)(C)C)C6)CCO5)CC[C@@]45CC35CC[C@]21C)C(C)(C)O. The second-order valence-corrected chi connectivity index (χ2v) is 22.2. The van der Waals surface area contributed by atoms with Gasteiger partial charge in [0, 0.05) is 38.0 Å². The van der Waals surface area contributed by atoms with Crippen molar-refractivity contribution in [3.05, 3.63) is 0 Å². The summed E-state index contributed by atoms with van der Waals surface area (Å²) in [6.07, 6.45) is 5.98. The topological polar surface area (TPSA) is 127 Å². The maximum absolute atomic E-state index is 12.6. The average molecular weight is 773 g/mol. The van der Waals surface area contributed by atoms with Gasteiger partial charge >= 0.3 is 12.1 Å². The van der Waals surface area contributed by atoms with Gasteiger partial charge in [0.05, 0.1) is 43.2 Å². The van der Waals surface area contributed by atoms with Crippen LogP contribution in [0.15, 0.2) is 0 Å². The summed E-state index contributed by atoms with van der Waals surface area (Å²) >= 11 is 0. The van der Waals surface area contributed by atoms with Gasteiger partial charge in [-0.15, -0.1) is 0 Å². The van der Waals surface area contributed by atoms with E-state index in [1.807, 2.05) is 20.8 Å². The number of aliphatic hydroxyl groups excluding tert-OH is 1. The highest BCUT2D eigenvalue weighted by Gasteiger charge is 2.84. The van der Waals surface area contributed by atoms with E-state index in [-0.39, 0.29) is 63.5 Å². The number of ether oxygens (including phenoxy) is 5. The number of carbonyl (C=O) groups is 2. The Kier molecular flexibility index (Phi) is 9.52. The molecule has 3 aliphatic heterocycles. The predicted molar refractivity (Wildman–Crippen MR) is 206 cm³/mol. The fourth-order valence-corrected chi connectivity index (χ4v) is 15.0. The van der Waals surface area contributed by atoms with Crippen molar-refractivity contribution in [3.8, 4) is 0 Å². The Morgan fingerprint density at radius 2 is 1.60 bits per heavy atom. The van der Waals surface area contributed by atoms with Crippen LogP contribution in [0.1, 0.15) is 128 Å². The number of morpholine rings is 1. The second kappa shape index (κ2) is 13.0. The molecule has 8 rings (SSSR count). The number of fused-ring (bicyclic) bond motifs is 4. The molecule has 0 radical (unpaired) electrons. The third-order valence-electron chi connectivity index (χ3n) is 17.5. The lowest BCUT2D eigenvalue weighted by atomic mass is 9.41. The van der Waals surface area contributed by atoms with Gasteiger partial charge in [0.1, 0.15) is 5.60 Å². The van der Waals surface area contributed by atoms with Crippen molar-refractivity contribution in [2.75, 3.05) is 32.8 Å². The predicted octanol–water partition coefficient (Wildman–Crippen LogP) is 6.17. The lowest BCUT2D eigenvalue weighted by Crippen LogP contribution is -2.64. The van der Waals surface area contributed by atoms with E-state index in [4.69, 9.17) is 23.7 Å². The molecule has 8 aliphatic rings. The minimum Gasteiger partial charge on any atom is -0.457 e. The number of hydrogen-bond acceptors (Lipinski definition) is 10. The third kappa shape index (κ3) is 5.99. The summed E-state index contributed by atoms with van der Waals surface area (Å²) in [6.45, 7) is 26.1. The molecule has 5 saturated carbocycles. The highest BCUT2D eigenvalue weighted by Crippen LogP contribution is 2.89. The smallest absolute Gasteiger partial charge is 0.410 e. The van der Waals surface area contributed by atoms with Crippen LogP contribution in [0.25, 0.3) is 0 Å². The van der Waals surface area contributed by atoms with E-state index in [0.717, 1.165) is 45.2 Å². The Hall–Kier alpha value is -1.50. The molecule has 7 unspecified atom stereocenters. The van der Waals surface area contributed by atoms with Gasteiger partial charge < -0.3 is 38.8 Å². The number of aliphatic hydroxyl groups is 2. The summed E-state index contributed by atoms with van der Waals surface area (Å²) in [7, 11) is 0. The molecule has 5 aliphatic carbocycles. The molecule has 3 heterocycles. The molecule has 0 aromatic rings. The molecule has 3 saturated heterocycles. The average Bonchev–Trinajstić information content (AvgIpc) is 3.68. The number of carbonyl (C=O) groups excluding carboxylic acids is 2. The summed E-state index contributed by atoms with van der Waals surface area (Å²) in [5, 5.41) is 23.7. The first-order valence-corrected chi connectivity index (χ1v) is 21.7. The molecule has 2 spiro atoms.